The van der Waals surface area contributed by atoms with Crippen molar-refractivity contribution in [1.82, 2.24) is 20.1 Å². The minimum atomic E-state index is -0.271. The zero-order valence-corrected chi connectivity index (χ0v) is 18.5. The van der Waals surface area contributed by atoms with Crippen molar-refractivity contribution in [3.05, 3.63) is 64.6 Å². The molecule has 0 aliphatic heterocycles. The number of hydrogen-bond donors (Lipinski definition) is 1. The summed E-state index contributed by atoms with van der Waals surface area (Å²) in [7, 11) is 0. The highest BCUT2D eigenvalue weighted by Crippen LogP contribution is 2.27. The fourth-order valence-corrected chi connectivity index (χ4v) is 3.90. The molecule has 0 bridgehead atoms. The average molecular weight is 459 g/mol. The normalized spacial score (nSPS) is 11.4. The monoisotopic (exact) mass is 458 g/mol. The van der Waals surface area contributed by atoms with Crippen molar-refractivity contribution in [2.45, 2.75) is 38.0 Å². The lowest BCUT2D eigenvalue weighted by Gasteiger charge is -2.35. The van der Waals surface area contributed by atoms with Gasteiger partial charge in [-0.15, -0.1) is 5.10 Å². The van der Waals surface area contributed by atoms with Crippen LogP contribution < -0.4 is 0 Å². The third-order valence-corrected chi connectivity index (χ3v) is 5.74. The van der Waals surface area contributed by atoms with Crippen LogP contribution in [0.2, 0.25) is 0 Å². The van der Waals surface area contributed by atoms with Crippen LogP contribution in [-0.2, 0) is 11.3 Å². The maximum Gasteiger partial charge on any atom is 0.233 e. The van der Waals surface area contributed by atoms with Crippen LogP contribution in [-0.4, -0.2) is 37.3 Å². The lowest BCUT2D eigenvalue weighted by molar-refractivity contribution is -0.133. The van der Waals surface area contributed by atoms with E-state index in [1.807, 2.05) is 59.5 Å². The van der Waals surface area contributed by atoms with Crippen molar-refractivity contribution in [2.24, 2.45) is 0 Å². The number of nitrogens with one attached hydrogen (secondary N) is 1. The second kappa shape index (κ2) is 8.92. The maximum absolute atomic E-state index is 12.9. The van der Waals surface area contributed by atoms with E-state index in [2.05, 4.69) is 51.9 Å². The van der Waals surface area contributed by atoms with E-state index in [4.69, 9.17) is 0 Å². The van der Waals surface area contributed by atoms with E-state index in [0.29, 0.717) is 17.5 Å². The highest BCUT2D eigenvalue weighted by molar-refractivity contribution is 9.10. The summed E-state index contributed by atoms with van der Waals surface area (Å²) in [6, 6.07) is 17.9. The molecule has 7 heteroatoms. The number of aromatic amines is 1. The van der Waals surface area contributed by atoms with E-state index >= 15 is 0 Å². The fourth-order valence-electron chi connectivity index (χ4n) is 2.75. The third kappa shape index (κ3) is 5.23. The van der Waals surface area contributed by atoms with Crippen LogP contribution in [0.25, 0.3) is 11.4 Å². The van der Waals surface area contributed by atoms with Crippen molar-refractivity contribution >= 4 is 33.6 Å². The smallest absolute Gasteiger partial charge is 0.233 e. The van der Waals surface area contributed by atoms with Crippen LogP contribution in [0.3, 0.4) is 0 Å². The predicted molar refractivity (Wildman–Crippen MR) is 117 cm³/mol. The Morgan fingerprint density at radius 1 is 1.11 bits per heavy atom. The van der Waals surface area contributed by atoms with Gasteiger partial charge in [-0.2, -0.15) is 0 Å². The first kappa shape index (κ1) is 20.6. The van der Waals surface area contributed by atoms with E-state index in [1.54, 1.807) is 0 Å². The maximum atomic E-state index is 12.9. The first-order valence-electron chi connectivity index (χ1n) is 8.99. The largest absolute Gasteiger partial charge is 0.333 e. The number of halogens is 1. The highest BCUT2D eigenvalue weighted by atomic mass is 79.9. The quantitative estimate of drug-likeness (QED) is 0.518. The first-order chi connectivity index (χ1) is 13.3. The van der Waals surface area contributed by atoms with Gasteiger partial charge in [-0.3, -0.25) is 9.89 Å². The summed E-state index contributed by atoms with van der Waals surface area (Å²) in [5, 5.41) is 7.76. The molecule has 5 nitrogen and oxygen atoms in total. The molecule has 0 saturated heterocycles. The molecule has 0 aliphatic carbocycles. The number of amides is 1. The van der Waals surface area contributed by atoms with Gasteiger partial charge in [0.25, 0.3) is 0 Å². The first-order valence-corrected chi connectivity index (χ1v) is 10.8. The molecule has 2 aromatic carbocycles. The summed E-state index contributed by atoms with van der Waals surface area (Å²) in [5.74, 6) is 1.03. The van der Waals surface area contributed by atoms with Crippen LogP contribution in [0.4, 0.5) is 0 Å². The van der Waals surface area contributed by atoms with Crippen LogP contribution >= 0.6 is 27.7 Å². The SMILES string of the molecule is CC(C)(C)N(Cc1ccccc1)C(=O)CSc1n[nH]c(-c2ccccc2Br)n1. The Bertz CT molecular complexity index is 937. The lowest BCUT2D eigenvalue weighted by Crippen LogP contribution is -2.45. The Balaban J connectivity index is 1.67. The van der Waals surface area contributed by atoms with Crippen molar-refractivity contribution in [2.75, 3.05) is 5.75 Å². The predicted octanol–water partition coefficient (Wildman–Crippen LogP) is 5.15. The number of rotatable bonds is 6. The molecule has 28 heavy (non-hydrogen) atoms. The topological polar surface area (TPSA) is 61.9 Å². The van der Waals surface area contributed by atoms with Gasteiger partial charge in [-0.25, -0.2) is 4.98 Å². The molecule has 1 aromatic heterocycles. The molecule has 0 spiro atoms. The molecule has 0 aliphatic rings. The summed E-state index contributed by atoms with van der Waals surface area (Å²) >= 11 is 4.87. The zero-order chi connectivity index (χ0) is 20.1. The molecule has 0 radical (unpaired) electrons. The number of hydrogen-bond acceptors (Lipinski definition) is 4. The van der Waals surface area contributed by atoms with Crippen molar-refractivity contribution in [3.8, 4) is 11.4 Å². The second-order valence-electron chi connectivity index (χ2n) is 7.37. The summed E-state index contributed by atoms with van der Waals surface area (Å²) in [4.78, 5) is 19.3. The van der Waals surface area contributed by atoms with Gasteiger partial charge in [-0.1, -0.05) is 76.2 Å². The number of carbonyl (C=O) groups excluding carboxylic acids is 1. The van der Waals surface area contributed by atoms with Gasteiger partial charge >= 0.3 is 0 Å². The highest BCUT2D eigenvalue weighted by Gasteiger charge is 2.26. The number of H-pyrrole nitrogens is 1. The Morgan fingerprint density at radius 3 is 2.46 bits per heavy atom. The van der Waals surface area contributed by atoms with Gasteiger partial charge in [0.05, 0.1) is 5.75 Å². The van der Waals surface area contributed by atoms with Gasteiger partial charge < -0.3 is 4.90 Å². The van der Waals surface area contributed by atoms with Crippen molar-refractivity contribution in [3.63, 3.8) is 0 Å². The summed E-state index contributed by atoms with van der Waals surface area (Å²) < 4.78 is 0.945. The van der Waals surface area contributed by atoms with Gasteiger partial charge in [-0.05, 0) is 32.4 Å². The van der Waals surface area contributed by atoms with Crippen LogP contribution in [0.1, 0.15) is 26.3 Å². The molecular formula is C21H23BrN4OS. The molecule has 0 saturated carbocycles. The molecule has 1 heterocycles. The van der Waals surface area contributed by atoms with Gasteiger partial charge in [0, 0.05) is 22.1 Å². The number of benzene rings is 2. The molecule has 146 valence electrons. The minimum Gasteiger partial charge on any atom is -0.333 e. The van der Waals surface area contributed by atoms with Crippen LogP contribution in [0.5, 0.6) is 0 Å². The Morgan fingerprint density at radius 2 is 1.79 bits per heavy atom. The van der Waals surface area contributed by atoms with Crippen LogP contribution in [0, 0.1) is 0 Å². The molecule has 1 amide bonds. The molecule has 0 atom stereocenters. The molecule has 3 aromatic rings. The summed E-state index contributed by atoms with van der Waals surface area (Å²) in [5.41, 5.74) is 1.78. The number of carbonyl (C=O) groups is 1. The van der Waals surface area contributed by atoms with E-state index in [0.717, 1.165) is 15.6 Å². The van der Waals surface area contributed by atoms with Gasteiger partial charge in [0.2, 0.25) is 11.1 Å². The average Bonchev–Trinajstić information content (AvgIpc) is 3.13. The number of nitrogens with zero attached hydrogens (tertiary/aromatic N) is 3. The van der Waals surface area contributed by atoms with Gasteiger partial charge in [0.15, 0.2) is 5.82 Å². The zero-order valence-electron chi connectivity index (χ0n) is 16.1. The Kier molecular flexibility index (Phi) is 6.57. The van der Waals surface area contributed by atoms with Crippen molar-refractivity contribution in [1.29, 1.82) is 0 Å². The van der Waals surface area contributed by atoms with Crippen LogP contribution in [0.15, 0.2) is 64.2 Å². The Hall–Kier alpha value is -2.12. The van der Waals surface area contributed by atoms with E-state index in [1.165, 1.54) is 11.8 Å². The molecular weight excluding hydrogens is 436 g/mol. The van der Waals surface area contributed by atoms with E-state index in [-0.39, 0.29) is 17.2 Å². The number of thioether (sulfide) groups is 1. The number of aromatic nitrogens is 3. The van der Waals surface area contributed by atoms with Gasteiger partial charge in [0.1, 0.15) is 0 Å². The van der Waals surface area contributed by atoms with Crippen molar-refractivity contribution < 1.29 is 4.79 Å². The minimum absolute atomic E-state index is 0.0635. The standard InChI is InChI=1S/C21H23BrN4OS/c1-21(2,3)26(13-15-9-5-4-6-10-15)18(27)14-28-20-23-19(24-25-20)16-11-7-8-12-17(16)22/h4-12H,13-14H2,1-3H3,(H,23,24,25). The third-order valence-electron chi connectivity index (χ3n) is 4.21. The molecule has 0 unspecified atom stereocenters. The Labute approximate surface area is 178 Å². The second-order valence-corrected chi connectivity index (χ2v) is 9.17. The fraction of sp³-hybridized carbons (Fsp3) is 0.286. The summed E-state index contributed by atoms with van der Waals surface area (Å²) in [6.07, 6.45) is 0. The molecule has 0 fully saturated rings. The van der Waals surface area contributed by atoms with E-state index < -0.39 is 0 Å². The summed E-state index contributed by atoms with van der Waals surface area (Å²) in [6.45, 7) is 6.74. The lowest BCUT2D eigenvalue weighted by atomic mass is 10.0. The van der Waals surface area contributed by atoms with E-state index in [9.17, 15) is 4.79 Å². The molecule has 3 rings (SSSR count). The molecule has 1 N–H and O–H groups in total.